The van der Waals surface area contributed by atoms with Crippen LogP contribution in [0.5, 0.6) is 0 Å². The third-order valence-electron chi connectivity index (χ3n) is 4.90. The van der Waals surface area contributed by atoms with E-state index in [0.717, 1.165) is 24.9 Å². The highest BCUT2D eigenvalue weighted by molar-refractivity contribution is 6.03. The SMILES string of the molecule is O=C(c1ncnc2[nH]ccc12)N1CCCn2c(cc3ccccc32)C1. The van der Waals surface area contributed by atoms with Crippen LogP contribution in [0.1, 0.15) is 22.6 Å². The van der Waals surface area contributed by atoms with Gasteiger partial charge in [-0.05, 0) is 30.0 Å². The third-order valence-corrected chi connectivity index (χ3v) is 4.90. The van der Waals surface area contributed by atoms with E-state index >= 15 is 0 Å². The standard InChI is InChI=1S/C19H17N5O/c25-19(17-15-6-7-20-18(15)22-12-21-17)23-8-3-9-24-14(11-23)10-13-4-1-2-5-16(13)24/h1-2,4-7,10,12H,3,8-9,11H2,(H,20,21,22). The number of nitrogens with one attached hydrogen (secondary N) is 1. The fraction of sp³-hybridized carbons (Fsp3) is 0.211. The fourth-order valence-electron chi connectivity index (χ4n) is 3.72. The second-order valence-corrected chi connectivity index (χ2v) is 6.39. The maximum absolute atomic E-state index is 13.1. The van der Waals surface area contributed by atoms with Crippen LogP contribution >= 0.6 is 0 Å². The molecule has 3 aromatic heterocycles. The molecule has 1 amide bonds. The van der Waals surface area contributed by atoms with Gasteiger partial charge in [-0.2, -0.15) is 0 Å². The van der Waals surface area contributed by atoms with E-state index in [4.69, 9.17) is 0 Å². The molecular formula is C19H17N5O. The van der Waals surface area contributed by atoms with Crippen molar-refractivity contribution in [2.24, 2.45) is 0 Å². The highest BCUT2D eigenvalue weighted by Gasteiger charge is 2.24. The lowest BCUT2D eigenvalue weighted by Gasteiger charge is -2.19. The molecule has 25 heavy (non-hydrogen) atoms. The van der Waals surface area contributed by atoms with Gasteiger partial charge in [0.15, 0.2) is 0 Å². The van der Waals surface area contributed by atoms with E-state index in [1.807, 2.05) is 11.0 Å². The molecule has 0 unspecified atom stereocenters. The number of H-pyrrole nitrogens is 1. The van der Waals surface area contributed by atoms with E-state index in [0.29, 0.717) is 17.9 Å². The predicted octanol–water partition coefficient (Wildman–Crippen LogP) is 2.96. The molecule has 124 valence electrons. The smallest absolute Gasteiger partial charge is 0.273 e. The number of fused-ring (bicyclic) bond motifs is 4. The Kier molecular flexibility index (Phi) is 3.09. The minimum Gasteiger partial charge on any atom is -0.346 e. The van der Waals surface area contributed by atoms with Crippen LogP contribution < -0.4 is 0 Å². The van der Waals surface area contributed by atoms with E-state index in [2.05, 4.69) is 49.9 Å². The maximum Gasteiger partial charge on any atom is 0.273 e. The van der Waals surface area contributed by atoms with Crippen molar-refractivity contribution in [3.63, 3.8) is 0 Å². The molecular weight excluding hydrogens is 314 g/mol. The van der Waals surface area contributed by atoms with Gasteiger partial charge in [-0.1, -0.05) is 18.2 Å². The van der Waals surface area contributed by atoms with E-state index in [9.17, 15) is 4.79 Å². The van der Waals surface area contributed by atoms with Crippen molar-refractivity contribution in [3.05, 3.63) is 60.3 Å². The highest BCUT2D eigenvalue weighted by Crippen LogP contribution is 2.25. The topological polar surface area (TPSA) is 66.8 Å². The van der Waals surface area contributed by atoms with Crippen molar-refractivity contribution in [3.8, 4) is 0 Å². The first-order valence-electron chi connectivity index (χ1n) is 8.46. The molecule has 4 aromatic rings. The Morgan fingerprint density at radius 2 is 2.04 bits per heavy atom. The lowest BCUT2D eigenvalue weighted by Crippen LogP contribution is -2.31. The molecule has 0 aliphatic carbocycles. The highest BCUT2D eigenvalue weighted by atomic mass is 16.2. The van der Waals surface area contributed by atoms with Crippen LogP contribution in [0.2, 0.25) is 0 Å². The number of nitrogens with zero attached hydrogens (tertiary/aromatic N) is 4. The number of hydrogen-bond acceptors (Lipinski definition) is 3. The van der Waals surface area contributed by atoms with Crippen LogP contribution in [0, 0.1) is 0 Å². The number of carbonyl (C=O) groups is 1. The molecule has 6 heteroatoms. The first-order chi connectivity index (χ1) is 12.3. The number of aromatic nitrogens is 4. The van der Waals surface area contributed by atoms with Gasteiger partial charge in [-0.3, -0.25) is 4.79 Å². The summed E-state index contributed by atoms with van der Waals surface area (Å²) in [7, 11) is 0. The van der Waals surface area contributed by atoms with E-state index in [1.165, 1.54) is 22.9 Å². The Morgan fingerprint density at radius 1 is 1.12 bits per heavy atom. The van der Waals surface area contributed by atoms with Crippen molar-refractivity contribution in [2.45, 2.75) is 19.5 Å². The number of carbonyl (C=O) groups excluding carboxylic acids is 1. The molecule has 6 nitrogen and oxygen atoms in total. The zero-order valence-electron chi connectivity index (χ0n) is 13.6. The van der Waals surface area contributed by atoms with Gasteiger partial charge in [0.25, 0.3) is 5.91 Å². The second kappa shape index (κ2) is 5.44. The summed E-state index contributed by atoms with van der Waals surface area (Å²) in [4.78, 5) is 26.5. The Hall–Kier alpha value is -3.15. The molecule has 5 rings (SSSR count). The van der Waals surface area contributed by atoms with Crippen molar-refractivity contribution >= 4 is 27.8 Å². The summed E-state index contributed by atoms with van der Waals surface area (Å²) < 4.78 is 2.33. The number of amides is 1. The van der Waals surface area contributed by atoms with Gasteiger partial charge in [0.05, 0.1) is 11.9 Å². The van der Waals surface area contributed by atoms with Crippen molar-refractivity contribution < 1.29 is 4.79 Å². The van der Waals surface area contributed by atoms with E-state index in [1.54, 1.807) is 6.20 Å². The molecule has 1 N–H and O–H groups in total. The molecule has 1 aliphatic rings. The van der Waals surface area contributed by atoms with Crippen LogP contribution in [-0.2, 0) is 13.1 Å². The number of rotatable bonds is 1. The van der Waals surface area contributed by atoms with Gasteiger partial charge in [-0.15, -0.1) is 0 Å². The average Bonchev–Trinajstić information content (AvgIpc) is 3.19. The van der Waals surface area contributed by atoms with Crippen molar-refractivity contribution in [2.75, 3.05) is 6.54 Å². The number of benzene rings is 1. The molecule has 1 aliphatic heterocycles. The van der Waals surface area contributed by atoms with Crippen LogP contribution in [0.15, 0.2) is 48.9 Å². The number of hydrogen-bond donors (Lipinski definition) is 1. The second-order valence-electron chi connectivity index (χ2n) is 6.39. The summed E-state index contributed by atoms with van der Waals surface area (Å²) in [5, 5.41) is 2.00. The molecule has 0 saturated carbocycles. The summed E-state index contributed by atoms with van der Waals surface area (Å²) in [6.45, 7) is 2.25. The van der Waals surface area contributed by atoms with E-state index < -0.39 is 0 Å². The summed E-state index contributed by atoms with van der Waals surface area (Å²) in [6.07, 6.45) is 4.16. The number of aromatic amines is 1. The quantitative estimate of drug-likeness (QED) is 0.583. The number of aryl methyl sites for hydroxylation is 1. The molecule has 0 spiro atoms. The largest absolute Gasteiger partial charge is 0.346 e. The van der Waals surface area contributed by atoms with Crippen molar-refractivity contribution in [1.82, 2.24) is 24.4 Å². The normalized spacial score (nSPS) is 14.6. The van der Waals surface area contributed by atoms with Gasteiger partial charge in [-0.25, -0.2) is 9.97 Å². The minimum absolute atomic E-state index is 0.0364. The molecule has 1 aromatic carbocycles. The summed E-state index contributed by atoms with van der Waals surface area (Å²) in [5.74, 6) is -0.0364. The zero-order chi connectivity index (χ0) is 16.8. The van der Waals surface area contributed by atoms with Crippen molar-refractivity contribution in [1.29, 1.82) is 0 Å². The molecule has 4 heterocycles. The van der Waals surface area contributed by atoms with Crippen LogP contribution in [0.25, 0.3) is 21.9 Å². The fourth-order valence-corrected chi connectivity index (χ4v) is 3.72. The first-order valence-corrected chi connectivity index (χ1v) is 8.46. The molecule has 0 bridgehead atoms. The molecule has 0 radical (unpaired) electrons. The average molecular weight is 331 g/mol. The van der Waals surface area contributed by atoms with Gasteiger partial charge in [0.2, 0.25) is 0 Å². The lowest BCUT2D eigenvalue weighted by molar-refractivity contribution is 0.0742. The summed E-state index contributed by atoms with van der Waals surface area (Å²) in [5.41, 5.74) is 3.58. The predicted molar refractivity (Wildman–Crippen MR) is 95.2 cm³/mol. The van der Waals surface area contributed by atoms with Gasteiger partial charge >= 0.3 is 0 Å². The zero-order valence-corrected chi connectivity index (χ0v) is 13.6. The lowest BCUT2D eigenvalue weighted by atomic mass is 10.2. The molecule has 0 saturated heterocycles. The van der Waals surface area contributed by atoms with Gasteiger partial charge < -0.3 is 14.5 Å². The van der Waals surface area contributed by atoms with Crippen LogP contribution in [0.4, 0.5) is 0 Å². The molecule has 0 fully saturated rings. The Labute approximate surface area is 144 Å². The Balaban J connectivity index is 1.54. The Morgan fingerprint density at radius 3 is 3.00 bits per heavy atom. The first kappa shape index (κ1) is 14.2. The van der Waals surface area contributed by atoms with Crippen LogP contribution in [-0.4, -0.2) is 36.9 Å². The third kappa shape index (κ3) is 2.21. The monoisotopic (exact) mass is 331 g/mol. The summed E-state index contributed by atoms with van der Waals surface area (Å²) in [6, 6.07) is 12.4. The Bertz CT molecular complexity index is 1090. The molecule has 0 atom stereocenters. The summed E-state index contributed by atoms with van der Waals surface area (Å²) >= 11 is 0. The van der Waals surface area contributed by atoms with Gasteiger partial charge in [0.1, 0.15) is 17.7 Å². The van der Waals surface area contributed by atoms with Gasteiger partial charge in [0, 0.05) is 30.5 Å². The maximum atomic E-state index is 13.1. The minimum atomic E-state index is -0.0364. The number of para-hydroxylation sites is 1. The van der Waals surface area contributed by atoms with Crippen LogP contribution in [0.3, 0.4) is 0 Å². The van der Waals surface area contributed by atoms with E-state index in [-0.39, 0.29) is 5.91 Å².